The van der Waals surface area contributed by atoms with Gasteiger partial charge in [-0.1, -0.05) is 18.2 Å². The molecule has 0 atom stereocenters. The molecule has 2 aromatic rings. The van der Waals surface area contributed by atoms with Gasteiger partial charge in [-0.2, -0.15) is 5.10 Å². The van der Waals surface area contributed by atoms with E-state index < -0.39 is 5.97 Å². The lowest BCUT2D eigenvalue weighted by molar-refractivity contribution is 0.0696. The van der Waals surface area contributed by atoms with Crippen molar-refractivity contribution in [1.82, 2.24) is 9.78 Å². The second kappa shape index (κ2) is 6.41. The quantitative estimate of drug-likeness (QED) is 0.880. The first-order valence-electron chi connectivity index (χ1n) is 6.64. The van der Waals surface area contributed by atoms with E-state index in [1.165, 1.54) is 0 Å². The van der Waals surface area contributed by atoms with Gasteiger partial charge in [0.1, 0.15) is 11.4 Å². The third-order valence-corrected chi connectivity index (χ3v) is 3.24. The molecule has 0 bridgehead atoms. The molecular formula is C15H19N3O3. The molecule has 1 aromatic carbocycles. The highest BCUT2D eigenvalue weighted by Crippen LogP contribution is 2.26. The third-order valence-electron chi connectivity index (χ3n) is 3.24. The number of para-hydroxylation sites is 1. The standard InChI is InChI=1S/C15H19N3O3/c1-11-13(15(19)20)14(17(2)9-10-21-3)18(16-11)12-7-5-4-6-8-12/h4-8H,9-10H2,1-3H3,(H,19,20). The molecule has 0 saturated heterocycles. The van der Waals surface area contributed by atoms with Gasteiger partial charge in [-0.15, -0.1) is 0 Å². The van der Waals surface area contributed by atoms with E-state index in [2.05, 4.69) is 5.10 Å². The summed E-state index contributed by atoms with van der Waals surface area (Å²) in [5.74, 6) is -0.419. The number of anilines is 1. The molecule has 21 heavy (non-hydrogen) atoms. The molecule has 6 nitrogen and oxygen atoms in total. The Hall–Kier alpha value is -2.34. The number of carboxylic acid groups (broad SMARTS) is 1. The Morgan fingerprint density at radius 1 is 1.38 bits per heavy atom. The highest BCUT2D eigenvalue weighted by Gasteiger charge is 2.24. The number of rotatable bonds is 6. The molecule has 112 valence electrons. The van der Waals surface area contributed by atoms with Gasteiger partial charge in [-0.3, -0.25) is 0 Å². The van der Waals surface area contributed by atoms with E-state index in [0.29, 0.717) is 24.7 Å². The van der Waals surface area contributed by atoms with E-state index in [-0.39, 0.29) is 5.56 Å². The molecule has 1 heterocycles. The number of nitrogens with zero attached hydrogens (tertiary/aromatic N) is 3. The summed E-state index contributed by atoms with van der Waals surface area (Å²) in [6, 6.07) is 9.49. The molecule has 6 heteroatoms. The van der Waals surface area contributed by atoms with Gasteiger partial charge in [0.15, 0.2) is 0 Å². The molecule has 2 rings (SSSR count). The van der Waals surface area contributed by atoms with Crippen LogP contribution in [-0.4, -0.2) is 48.2 Å². The number of carbonyl (C=O) groups is 1. The topological polar surface area (TPSA) is 67.6 Å². The number of likely N-dealkylation sites (N-methyl/N-ethyl adjacent to an activating group) is 1. The average Bonchev–Trinajstić information content (AvgIpc) is 2.83. The number of benzene rings is 1. The summed E-state index contributed by atoms with van der Waals surface area (Å²) >= 11 is 0. The first kappa shape index (κ1) is 15.1. The van der Waals surface area contributed by atoms with Gasteiger partial charge in [0.2, 0.25) is 0 Å². The largest absolute Gasteiger partial charge is 0.477 e. The monoisotopic (exact) mass is 289 g/mol. The summed E-state index contributed by atoms with van der Waals surface area (Å²) in [5.41, 5.74) is 1.54. The Labute approximate surface area is 123 Å². The fourth-order valence-electron chi connectivity index (χ4n) is 2.20. The lowest BCUT2D eigenvalue weighted by atomic mass is 10.2. The lowest BCUT2D eigenvalue weighted by Gasteiger charge is -2.21. The fraction of sp³-hybridized carbons (Fsp3) is 0.333. The zero-order chi connectivity index (χ0) is 15.4. The summed E-state index contributed by atoms with van der Waals surface area (Å²) in [6.07, 6.45) is 0. The van der Waals surface area contributed by atoms with Crippen LogP contribution < -0.4 is 4.90 Å². The van der Waals surface area contributed by atoms with Crippen LogP contribution >= 0.6 is 0 Å². The van der Waals surface area contributed by atoms with E-state index in [1.54, 1.807) is 18.7 Å². The van der Waals surface area contributed by atoms with Gasteiger partial charge in [0.25, 0.3) is 0 Å². The smallest absolute Gasteiger partial charge is 0.341 e. The highest BCUT2D eigenvalue weighted by atomic mass is 16.5. The second-order valence-electron chi connectivity index (χ2n) is 4.75. The molecule has 0 amide bonds. The van der Waals surface area contributed by atoms with Gasteiger partial charge in [0.05, 0.1) is 18.0 Å². The Morgan fingerprint density at radius 2 is 2.05 bits per heavy atom. The summed E-state index contributed by atoms with van der Waals surface area (Å²) in [6.45, 7) is 2.79. The molecule has 0 aliphatic heterocycles. The van der Waals surface area contributed by atoms with Crippen LogP contribution in [0.3, 0.4) is 0 Å². The molecule has 0 radical (unpaired) electrons. The van der Waals surface area contributed by atoms with Gasteiger partial charge >= 0.3 is 5.97 Å². The molecule has 0 aliphatic rings. The normalized spacial score (nSPS) is 10.6. The SMILES string of the molecule is COCCN(C)c1c(C(=O)O)c(C)nn1-c1ccccc1. The van der Waals surface area contributed by atoms with Crippen molar-refractivity contribution in [1.29, 1.82) is 0 Å². The zero-order valence-electron chi connectivity index (χ0n) is 12.4. The number of aromatic nitrogens is 2. The Kier molecular flexibility index (Phi) is 4.59. The van der Waals surface area contributed by atoms with Crippen molar-refractivity contribution in [2.75, 3.05) is 32.2 Å². The minimum absolute atomic E-state index is 0.220. The maximum atomic E-state index is 11.6. The number of aryl methyl sites for hydroxylation is 1. The molecule has 1 aromatic heterocycles. The first-order valence-corrected chi connectivity index (χ1v) is 6.64. The third kappa shape index (κ3) is 3.05. The molecular weight excluding hydrogens is 270 g/mol. The second-order valence-corrected chi connectivity index (χ2v) is 4.75. The van der Waals surface area contributed by atoms with Crippen LogP contribution in [-0.2, 0) is 4.74 Å². The van der Waals surface area contributed by atoms with E-state index in [4.69, 9.17) is 4.74 Å². The Balaban J connectivity index is 2.55. The summed E-state index contributed by atoms with van der Waals surface area (Å²) in [7, 11) is 3.45. The van der Waals surface area contributed by atoms with Crippen LogP contribution in [0.4, 0.5) is 5.82 Å². The van der Waals surface area contributed by atoms with Gasteiger partial charge < -0.3 is 14.7 Å². The zero-order valence-corrected chi connectivity index (χ0v) is 12.4. The maximum Gasteiger partial charge on any atom is 0.341 e. The molecule has 0 saturated carbocycles. The first-order chi connectivity index (χ1) is 10.1. The van der Waals surface area contributed by atoms with Gasteiger partial charge in [-0.05, 0) is 19.1 Å². The highest BCUT2D eigenvalue weighted by molar-refractivity contribution is 5.95. The van der Waals surface area contributed by atoms with Crippen LogP contribution in [0.5, 0.6) is 0 Å². The van der Waals surface area contributed by atoms with Crippen LogP contribution in [0.15, 0.2) is 30.3 Å². The van der Waals surface area contributed by atoms with Crippen molar-refractivity contribution in [2.45, 2.75) is 6.92 Å². The Morgan fingerprint density at radius 3 is 2.62 bits per heavy atom. The van der Waals surface area contributed by atoms with Crippen LogP contribution in [0, 0.1) is 6.92 Å². The average molecular weight is 289 g/mol. The minimum Gasteiger partial charge on any atom is -0.477 e. The fourth-order valence-corrected chi connectivity index (χ4v) is 2.20. The number of carboxylic acids is 1. The molecule has 0 unspecified atom stereocenters. The van der Waals surface area contributed by atoms with Gasteiger partial charge in [-0.25, -0.2) is 9.48 Å². The van der Waals surface area contributed by atoms with E-state index in [9.17, 15) is 9.90 Å². The lowest BCUT2D eigenvalue weighted by Crippen LogP contribution is -2.26. The molecule has 0 spiro atoms. The van der Waals surface area contributed by atoms with Crippen LogP contribution in [0.1, 0.15) is 16.1 Å². The van der Waals surface area contributed by atoms with Crippen LogP contribution in [0.25, 0.3) is 5.69 Å². The molecule has 1 N–H and O–H groups in total. The van der Waals surface area contributed by atoms with Crippen molar-refractivity contribution in [3.63, 3.8) is 0 Å². The molecule has 0 aliphatic carbocycles. The summed E-state index contributed by atoms with van der Waals surface area (Å²) in [5, 5.41) is 13.9. The minimum atomic E-state index is -0.978. The number of hydrogen-bond donors (Lipinski definition) is 1. The predicted molar refractivity (Wildman–Crippen MR) is 80.4 cm³/mol. The molecule has 0 fully saturated rings. The number of methoxy groups -OCH3 is 1. The van der Waals surface area contributed by atoms with Crippen molar-refractivity contribution < 1.29 is 14.6 Å². The number of ether oxygens (including phenoxy) is 1. The number of hydrogen-bond acceptors (Lipinski definition) is 4. The van der Waals surface area contributed by atoms with Crippen molar-refractivity contribution >= 4 is 11.8 Å². The Bertz CT molecular complexity index is 623. The van der Waals surface area contributed by atoms with E-state index >= 15 is 0 Å². The van der Waals surface area contributed by atoms with E-state index in [0.717, 1.165) is 5.69 Å². The van der Waals surface area contributed by atoms with Crippen LogP contribution in [0.2, 0.25) is 0 Å². The number of aromatic carboxylic acids is 1. The van der Waals surface area contributed by atoms with Crippen molar-refractivity contribution in [3.8, 4) is 5.69 Å². The summed E-state index contributed by atoms with van der Waals surface area (Å²) < 4.78 is 6.73. The van der Waals surface area contributed by atoms with E-state index in [1.807, 2.05) is 42.3 Å². The predicted octanol–water partition coefficient (Wildman–Crippen LogP) is 1.96. The van der Waals surface area contributed by atoms with Crippen molar-refractivity contribution in [3.05, 3.63) is 41.6 Å². The van der Waals surface area contributed by atoms with Crippen molar-refractivity contribution in [2.24, 2.45) is 0 Å². The summed E-state index contributed by atoms with van der Waals surface area (Å²) in [4.78, 5) is 13.4. The maximum absolute atomic E-state index is 11.6. The van der Waals surface area contributed by atoms with Gasteiger partial charge in [0, 0.05) is 20.7 Å².